The number of benzene rings is 2. The van der Waals surface area contributed by atoms with Crippen LogP contribution in [0.3, 0.4) is 0 Å². The number of anilines is 2. The zero-order valence-corrected chi connectivity index (χ0v) is 22.4. The summed E-state index contributed by atoms with van der Waals surface area (Å²) < 4.78 is 45.5. The van der Waals surface area contributed by atoms with Gasteiger partial charge in [0.2, 0.25) is 5.91 Å². The topological polar surface area (TPSA) is 107 Å². The van der Waals surface area contributed by atoms with Crippen LogP contribution in [0.1, 0.15) is 36.7 Å². The van der Waals surface area contributed by atoms with Gasteiger partial charge in [-0.05, 0) is 55.3 Å². The van der Waals surface area contributed by atoms with Crippen LogP contribution in [0.25, 0.3) is 0 Å². The first kappa shape index (κ1) is 28.6. The summed E-state index contributed by atoms with van der Waals surface area (Å²) in [5.41, 5.74) is 1.22. The van der Waals surface area contributed by atoms with Crippen molar-refractivity contribution in [2.75, 3.05) is 16.4 Å². The number of nitrogens with zero attached hydrogens (tertiary/aromatic N) is 1. The third kappa shape index (κ3) is 6.40. The molecule has 1 aliphatic heterocycles. The van der Waals surface area contributed by atoms with Crippen molar-refractivity contribution in [3.8, 4) is 6.07 Å². The summed E-state index contributed by atoms with van der Waals surface area (Å²) in [6.45, 7) is 3.69. The summed E-state index contributed by atoms with van der Waals surface area (Å²) in [6, 6.07) is 17.5. The van der Waals surface area contributed by atoms with E-state index in [9.17, 15) is 28.0 Å². The Labute approximate surface area is 233 Å². The highest BCUT2D eigenvalue weighted by atomic mass is 32.2. The summed E-state index contributed by atoms with van der Waals surface area (Å²) in [4.78, 5) is 26.1. The summed E-state index contributed by atoms with van der Waals surface area (Å²) in [5, 5.41) is 18.6. The number of carbonyl (C=O) groups excluding carboxylic acids is 2. The third-order valence-electron chi connectivity index (χ3n) is 6.19. The number of allylic oxidation sites excluding steroid dienone is 2. The highest BCUT2D eigenvalue weighted by Crippen LogP contribution is 2.41. The molecule has 1 atom stereocenters. The molecule has 2 heterocycles. The predicted molar refractivity (Wildman–Crippen MR) is 147 cm³/mol. The van der Waals surface area contributed by atoms with Crippen LogP contribution in [-0.2, 0) is 22.2 Å². The van der Waals surface area contributed by atoms with Crippen LogP contribution in [0.15, 0.2) is 93.2 Å². The molecule has 206 valence electrons. The number of hydrogen-bond acceptors (Lipinski definition) is 6. The molecular weight excluding hydrogens is 541 g/mol. The second kappa shape index (κ2) is 12.2. The average molecular weight is 567 g/mol. The summed E-state index contributed by atoms with van der Waals surface area (Å²) in [7, 11) is 0. The molecule has 0 aliphatic carbocycles. The van der Waals surface area contributed by atoms with Crippen molar-refractivity contribution < 1.29 is 27.2 Å². The molecule has 7 nitrogen and oxygen atoms in total. The first-order chi connectivity index (χ1) is 19.1. The number of thioether (sulfide) groups is 1. The van der Waals surface area contributed by atoms with Gasteiger partial charge in [-0.15, -0.1) is 0 Å². The van der Waals surface area contributed by atoms with Gasteiger partial charge in [0.25, 0.3) is 5.91 Å². The molecule has 1 aliphatic rings. The van der Waals surface area contributed by atoms with Crippen LogP contribution < -0.4 is 16.0 Å². The SMILES string of the molecule is CCc1ccc(NC(=O)C2=C(C)NC(SCC(=O)Nc3ccccc3C(F)(F)F)=C(C#N)C2c2ccco2)cc1. The lowest BCUT2D eigenvalue weighted by Gasteiger charge is -2.28. The fraction of sp³-hybridized carbons (Fsp3) is 0.207. The highest BCUT2D eigenvalue weighted by Gasteiger charge is 2.37. The van der Waals surface area contributed by atoms with E-state index in [0.717, 1.165) is 29.8 Å². The molecule has 2 aromatic carbocycles. The van der Waals surface area contributed by atoms with Crippen molar-refractivity contribution in [2.45, 2.75) is 32.4 Å². The minimum Gasteiger partial charge on any atom is -0.468 e. The molecule has 1 aromatic heterocycles. The van der Waals surface area contributed by atoms with Crippen LogP contribution in [0.4, 0.5) is 24.5 Å². The normalized spacial score (nSPS) is 15.3. The predicted octanol–water partition coefficient (Wildman–Crippen LogP) is 6.57. The number of aryl methyl sites for hydroxylation is 1. The lowest BCUT2D eigenvalue weighted by atomic mass is 9.85. The molecule has 11 heteroatoms. The van der Waals surface area contributed by atoms with E-state index < -0.39 is 29.5 Å². The van der Waals surface area contributed by atoms with Crippen molar-refractivity contribution in [2.24, 2.45) is 0 Å². The Morgan fingerprint density at radius 2 is 1.80 bits per heavy atom. The quantitative estimate of drug-likeness (QED) is 0.285. The monoisotopic (exact) mass is 566 g/mol. The van der Waals surface area contributed by atoms with Gasteiger partial charge in [0.05, 0.1) is 51.4 Å². The minimum atomic E-state index is -4.63. The molecule has 0 bridgehead atoms. The van der Waals surface area contributed by atoms with Crippen LogP contribution in [0.2, 0.25) is 0 Å². The highest BCUT2D eigenvalue weighted by molar-refractivity contribution is 8.03. The third-order valence-corrected chi connectivity index (χ3v) is 7.21. The second-order valence-corrected chi connectivity index (χ2v) is 9.84. The number of amides is 2. The Hall–Kier alpha value is -4.43. The van der Waals surface area contributed by atoms with Gasteiger partial charge in [0.1, 0.15) is 5.76 Å². The van der Waals surface area contributed by atoms with Crippen LogP contribution >= 0.6 is 11.8 Å². The van der Waals surface area contributed by atoms with Crippen molar-refractivity contribution >= 4 is 35.0 Å². The molecule has 0 saturated carbocycles. The van der Waals surface area contributed by atoms with Crippen molar-refractivity contribution in [3.05, 3.63) is 106 Å². The first-order valence-corrected chi connectivity index (χ1v) is 13.3. The zero-order chi connectivity index (χ0) is 28.9. The molecule has 0 spiro atoms. The van der Waals surface area contributed by atoms with Crippen molar-refractivity contribution in [1.82, 2.24) is 5.32 Å². The Balaban J connectivity index is 1.57. The number of carbonyl (C=O) groups is 2. The van der Waals surface area contributed by atoms with E-state index in [2.05, 4.69) is 22.0 Å². The Morgan fingerprint density at radius 1 is 1.07 bits per heavy atom. The molecule has 0 radical (unpaired) electrons. The Kier molecular flexibility index (Phi) is 8.70. The maximum absolute atomic E-state index is 13.4. The summed E-state index contributed by atoms with van der Waals surface area (Å²) in [5.74, 6) is -1.93. The molecule has 1 unspecified atom stereocenters. The fourth-order valence-corrected chi connectivity index (χ4v) is 5.14. The second-order valence-electron chi connectivity index (χ2n) is 8.85. The lowest BCUT2D eigenvalue weighted by molar-refractivity contribution is -0.137. The van der Waals surface area contributed by atoms with E-state index in [4.69, 9.17) is 4.42 Å². The average Bonchev–Trinajstić information content (AvgIpc) is 3.46. The molecule has 0 fully saturated rings. The summed E-state index contributed by atoms with van der Waals surface area (Å²) >= 11 is 0.943. The Bertz CT molecular complexity index is 1500. The van der Waals surface area contributed by atoms with Gasteiger partial charge >= 0.3 is 6.18 Å². The van der Waals surface area contributed by atoms with E-state index in [1.54, 1.807) is 31.2 Å². The first-order valence-electron chi connectivity index (χ1n) is 12.3. The van der Waals surface area contributed by atoms with Gasteiger partial charge in [-0.1, -0.05) is 43.0 Å². The van der Waals surface area contributed by atoms with Gasteiger partial charge in [-0.25, -0.2) is 0 Å². The van der Waals surface area contributed by atoms with E-state index in [1.807, 2.05) is 19.1 Å². The van der Waals surface area contributed by atoms with Gasteiger partial charge in [0, 0.05) is 11.4 Å². The molecule has 2 amide bonds. The number of furan rings is 1. The van der Waals surface area contributed by atoms with Crippen LogP contribution in [0, 0.1) is 11.3 Å². The fourth-order valence-electron chi connectivity index (χ4n) is 4.25. The molecule has 0 saturated heterocycles. The number of nitrogens with one attached hydrogen (secondary N) is 3. The number of nitriles is 1. The Morgan fingerprint density at radius 3 is 2.42 bits per heavy atom. The standard InChI is InChI=1S/C29H25F3N4O3S/c1-3-18-10-12-19(13-11-18)35-27(38)25-17(2)34-28(20(15-33)26(25)23-9-6-14-39-23)40-16-24(37)36-22-8-5-4-7-21(22)29(30,31)32/h4-14,26,34H,3,16H2,1-2H3,(H,35,38)(H,36,37). The maximum Gasteiger partial charge on any atom is 0.418 e. The van der Waals surface area contributed by atoms with E-state index >= 15 is 0 Å². The van der Waals surface area contributed by atoms with Crippen LogP contribution in [0.5, 0.6) is 0 Å². The van der Waals surface area contributed by atoms with E-state index in [0.29, 0.717) is 22.2 Å². The molecule has 3 N–H and O–H groups in total. The van der Waals surface area contributed by atoms with Gasteiger partial charge < -0.3 is 20.4 Å². The maximum atomic E-state index is 13.4. The lowest BCUT2D eigenvalue weighted by Crippen LogP contribution is -2.31. The number of para-hydroxylation sites is 1. The van der Waals surface area contributed by atoms with Gasteiger partial charge in [0.15, 0.2) is 0 Å². The van der Waals surface area contributed by atoms with Crippen LogP contribution in [-0.4, -0.2) is 17.6 Å². The van der Waals surface area contributed by atoms with Crippen molar-refractivity contribution in [3.63, 3.8) is 0 Å². The molecule has 40 heavy (non-hydrogen) atoms. The van der Waals surface area contributed by atoms with Gasteiger partial charge in [-0.3, -0.25) is 9.59 Å². The minimum absolute atomic E-state index is 0.139. The number of halogens is 3. The zero-order valence-electron chi connectivity index (χ0n) is 21.6. The molecule has 4 rings (SSSR count). The summed E-state index contributed by atoms with van der Waals surface area (Å²) in [6.07, 6.45) is -2.35. The largest absolute Gasteiger partial charge is 0.468 e. The van der Waals surface area contributed by atoms with Gasteiger partial charge in [-0.2, -0.15) is 18.4 Å². The number of alkyl halides is 3. The van der Waals surface area contributed by atoms with E-state index in [1.165, 1.54) is 24.5 Å². The molecule has 3 aromatic rings. The molecular formula is C29H25F3N4O3S. The number of dihydropyridines is 1. The van der Waals surface area contributed by atoms with E-state index in [-0.39, 0.29) is 22.6 Å². The number of hydrogen-bond donors (Lipinski definition) is 3. The number of rotatable bonds is 8. The smallest absolute Gasteiger partial charge is 0.418 e. The van der Waals surface area contributed by atoms with Crippen molar-refractivity contribution in [1.29, 1.82) is 5.26 Å².